The number of sulfonamides is 1. The van der Waals surface area contributed by atoms with Crippen LogP contribution in [0, 0.1) is 0 Å². The molecule has 1 unspecified atom stereocenters. The van der Waals surface area contributed by atoms with Crippen LogP contribution >= 0.6 is 0 Å². The van der Waals surface area contributed by atoms with Gasteiger partial charge in [0, 0.05) is 37.2 Å². The molecule has 11 heteroatoms. The van der Waals surface area contributed by atoms with Gasteiger partial charge in [-0.15, -0.1) is 0 Å². The number of carbonyl (C=O) groups excluding carboxylic acids is 1. The minimum absolute atomic E-state index is 0.0687. The second-order valence-corrected chi connectivity index (χ2v) is 9.17. The van der Waals surface area contributed by atoms with E-state index in [1.807, 2.05) is 0 Å². The van der Waals surface area contributed by atoms with Gasteiger partial charge in [-0.1, -0.05) is 0 Å². The molecule has 0 spiro atoms. The summed E-state index contributed by atoms with van der Waals surface area (Å²) in [6, 6.07) is 12.0. The van der Waals surface area contributed by atoms with Gasteiger partial charge in [0.2, 0.25) is 10.0 Å². The van der Waals surface area contributed by atoms with Crippen LogP contribution in [0.1, 0.15) is 22.2 Å². The zero-order valence-corrected chi connectivity index (χ0v) is 18.6. The first-order chi connectivity index (χ1) is 15.9. The van der Waals surface area contributed by atoms with Gasteiger partial charge >= 0.3 is 0 Å². The van der Waals surface area contributed by atoms with E-state index in [4.69, 9.17) is 4.74 Å². The number of aromatic nitrogens is 2. The van der Waals surface area contributed by atoms with Crippen LogP contribution in [0.4, 0.5) is 5.69 Å². The van der Waals surface area contributed by atoms with Gasteiger partial charge in [0.1, 0.15) is 6.10 Å². The summed E-state index contributed by atoms with van der Waals surface area (Å²) >= 11 is 0. The minimum Gasteiger partial charge on any atom is -0.369 e. The molecule has 0 saturated carbocycles. The Kier molecular flexibility index (Phi) is 6.65. The van der Waals surface area contributed by atoms with Crippen molar-refractivity contribution < 1.29 is 17.9 Å². The van der Waals surface area contributed by atoms with Gasteiger partial charge in [-0.25, -0.2) is 13.1 Å². The van der Waals surface area contributed by atoms with Crippen LogP contribution in [0.15, 0.2) is 70.6 Å². The summed E-state index contributed by atoms with van der Waals surface area (Å²) in [5, 5.41) is 6.08. The number of hydrogen-bond acceptors (Lipinski definition) is 7. The van der Waals surface area contributed by atoms with E-state index in [-0.39, 0.29) is 22.1 Å². The van der Waals surface area contributed by atoms with Crippen molar-refractivity contribution in [1.82, 2.24) is 19.6 Å². The number of hydrogen-bond donors (Lipinski definition) is 3. The molecule has 3 aromatic rings. The van der Waals surface area contributed by atoms with Crippen molar-refractivity contribution in [2.24, 2.45) is 0 Å². The monoisotopic (exact) mass is 469 g/mol. The highest BCUT2D eigenvalue weighted by molar-refractivity contribution is 7.89. The lowest BCUT2D eigenvalue weighted by Crippen LogP contribution is -2.34. The van der Waals surface area contributed by atoms with E-state index in [1.165, 1.54) is 54.2 Å². The average molecular weight is 470 g/mol. The molecule has 1 atom stereocenters. The van der Waals surface area contributed by atoms with Crippen LogP contribution < -0.4 is 20.9 Å². The number of benzene rings is 1. The summed E-state index contributed by atoms with van der Waals surface area (Å²) < 4.78 is 33.1. The Bertz CT molecular complexity index is 1320. The van der Waals surface area contributed by atoms with Crippen molar-refractivity contribution in [2.45, 2.75) is 11.0 Å². The molecule has 0 aliphatic carbocycles. The summed E-state index contributed by atoms with van der Waals surface area (Å²) in [6.07, 6.45) is 2.77. The first-order valence-electron chi connectivity index (χ1n) is 10.2. The zero-order valence-electron chi connectivity index (χ0n) is 17.8. The first kappa shape index (κ1) is 22.8. The van der Waals surface area contributed by atoms with E-state index in [1.54, 1.807) is 18.3 Å². The van der Waals surface area contributed by atoms with Gasteiger partial charge in [-0.3, -0.25) is 19.1 Å². The Balaban J connectivity index is 1.60. The highest BCUT2D eigenvalue weighted by Crippen LogP contribution is 2.24. The molecule has 2 aromatic heterocycles. The van der Waals surface area contributed by atoms with Crippen molar-refractivity contribution in [3.05, 3.63) is 82.5 Å². The summed E-state index contributed by atoms with van der Waals surface area (Å²) in [7, 11) is -2.28. The molecule has 3 heterocycles. The van der Waals surface area contributed by atoms with E-state index in [9.17, 15) is 18.0 Å². The molecule has 1 aliphatic rings. The Morgan fingerprint density at radius 2 is 1.97 bits per heavy atom. The molecule has 1 amide bonds. The molecule has 1 saturated heterocycles. The predicted molar refractivity (Wildman–Crippen MR) is 122 cm³/mol. The van der Waals surface area contributed by atoms with Gasteiger partial charge in [-0.05, 0) is 49.5 Å². The molecule has 3 N–H and O–H groups in total. The molecule has 10 nitrogen and oxygen atoms in total. The zero-order chi connectivity index (χ0) is 23.4. The van der Waals surface area contributed by atoms with Crippen LogP contribution in [-0.4, -0.2) is 50.6 Å². The summed E-state index contributed by atoms with van der Waals surface area (Å²) in [6.45, 7) is 1.90. The maximum atomic E-state index is 13.0. The van der Waals surface area contributed by atoms with E-state index >= 15 is 0 Å². The van der Waals surface area contributed by atoms with Gasteiger partial charge in [0.25, 0.3) is 11.5 Å². The fraction of sp³-hybridized carbons (Fsp3) is 0.227. The van der Waals surface area contributed by atoms with E-state index in [0.717, 1.165) is 6.54 Å². The minimum atomic E-state index is -3.60. The van der Waals surface area contributed by atoms with Crippen molar-refractivity contribution >= 4 is 21.6 Å². The van der Waals surface area contributed by atoms with Crippen LogP contribution in [0.25, 0.3) is 5.69 Å². The maximum absolute atomic E-state index is 13.0. The molecule has 4 rings (SSSR count). The van der Waals surface area contributed by atoms with Gasteiger partial charge in [0.15, 0.2) is 0 Å². The number of nitrogens with zero attached hydrogens (tertiary/aromatic N) is 2. The maximum Gasteiger partial charge on any atom is 0.257 e. The molecular weight excluding hydrogens is 446 g/mol. The number of ether oxygens (including phenoxy) is 1. The van der Waals surface area contributed by atoms with Crippen molar-refractivity contribution in [2.75, 3.05) is 32.1 Å². The number of anilines is 1. The molecular formula is C22H23N5O5S. The Labute approximate surface area is 190 Å². The van der Waals surface area contributed by atoms with Crippen molar-refractivity contribution in [3.63, 3.8) is 0 Å². The van der Waals surface area contributed by atoms with E-state index < -0.39 is 15.9 Å². The predicted octanol–water partition coefficient (Wildman–Crippen LogP) is 1.05. The van der Waals surface area contributed by atoms with Crippen LogP contribution in [-0.2, 0) is 14.8 Å². The fourth-order valence-corrected chi connectivity index (χ4v) is 4.17. The molecule has 172 valence electrons. The fourth-order valence-electron chi connectivity index (χ4n) is 3.44. The molecule has 33 heavy (non-hydrogen) atoms. The summed E-state index contributed by atoms with van der Waals surface area (Å²) in [4.78, 5) is 29.8. The number of rotatable bonds is 6. The summed E-state index contributed by atoms with van der Waals surface area (Å²) in [5.41, 5.74) is 1.45. The van der Waals surface area contributed by atoms with E-state index in [0.29, 0.717) is 30.2 Å². The Morgan fingerprint density at radius 3 is 2.67 bits per heavy atom. The number of pyridine rings is 2. The largest absolute Gasteiger partial charge is 0.369 e. The third kappa shape index (κ3) is 5.01. The highest BCUT2D eigenvalue weighted by Gasteiger charge is 2.21. The second-order valence-electron chi connectivity index (χ2n) is 7.28. The van der Waals surface area contributed by atoms with Crippen LogP contribution in [0.2, 0.25) is 0 Å². The van der Waals surface area contributed by atoms with Gasteiger partial charge in [-0.2, -0.15) is 0 Å². The quantitative estimate of drug-likeness (QED) is 0.492. The SMILES string of the molecule is CNS(=O)(=O)c1ccc(-n2cc(C(=O)Nc3cccnc3C3CNCCO3)ccc2=O)cc1. The molecule has 0 radical (unpaired) electrons. The lowest BCUT2D eigenvalue weighted by atomic mass is 10.1. The topological polar surface area (TPSA) is 131 Å². The summed E-state index contributed by atoms with van der Waals surface area (Å²) in [5.74, 6) is -0.420. The molecule has 1 aliphatic heterocycles. The number of morpholine rings is 1. The van der Waals surface area contributed by atoms with E-state index in [2.05, 4.69) is 20.3 Å². The third-order valence-corrected chi connectivity index (χ3v) is 6.62. The highest BCUT2D eigenvalue weighted by atomic mass is 32.2. The molecule has 1 aromatic carbocycles. The van der Waals surface area contributed by atoms with Crippen molar-refractivity contribution in [1.29, 1.82) is 0 Å². The average Bonchev–Trinajstić information content (AvgIpc) is 2.85. The van der Waals surface area contributed by atoms with Gasteiger partial charge < -0.3 is 15.4 Å². The number of nitrogens with one attached hydrogen (secondary N) is 3. The second kappa shape index (κ2) is 9.63. The smallest absolute Gasteiger partial charge is 0.257 e. The standard InChI is InChI=1S/C22H23N5O5S/c1-23-33(30,31)17-7-5-16(6-8-17)27-14-15(4-9-20(27)28)22(29)26-18-3-2-10-25-21(18)19-13-24-11-12-32-19/h2-10,14,19,23-24H,11-13H2,1H3,(H,26,29). The molecule has 1 fully saturated rings. The van der Waals surface area contributed by atoms with Crippen LogP contribution in [0.5, 0.6) is 0 Å². The lowest BCUT2D eigenvalue weighted by molar-refractivity contribution is 0.0255. The van der Waals surface area contributed by atoms with Gasteiger partial charge in [0.05, 0.1) is 28.4 Å². The molecule has 0 bridgehead atoms. The first-order valence-corrected chi connectivity index (χ1v) is 11.7. The van der Waals surface area contributed by atoms with Crippen LogP contribution in [0.3, 0.4) is 0 Å². The Morgan fingerprint density at radius 1 is 1.18 bits per heavy atom. The number of carbonyl (C=O) groups is 1. The lowest BCUT2D eigenvalue weighted by Gasteiger charge is -2.24. The number of amides is 1. The Hall–Kier alpha value is -3.38. The normalized spacial score (nSPS) is 16.3. The van der Waals surface area contributed by atoms with Crippen molar-refractivity contribution in [3.8, 4) is 5.69 Å². The third-order valence-electron chi connectivity index (χ3n) is 5.19.